The van der Waals surface area contributed by atoms with E-state index < -0.39 is 0 Å². The number of carbonyl (C=O) groups is 1. The van der Waals surface area contributed by atoms with Gasteiger partial charge in [-0.3, -0.25) is 9.78 Å². The molecule has 0 radical (unpaired) electrons. The van der Waals surface area contributed by atoms with Crippen molar-refractivity contribution in [3.63, 3.8) is 0 Å². The number of aryl methyl sites for hydroxylation is 1. The van der Waals surface area contributed by atoms with E-state index in [0.717, 1.165) is 35.1 Å². The Kier molecular flexibility index (Phi) is 3.40. The molecule has 3 rings (SSSR count). The summed E-state index contributed by atoms with van der Waals surface area (Å²) in [4.78, 5) is 16.6. The molecule has 1 fully saturated rings. The Balaban J connectivity index is 1.80. The first-order chi connectivity index (χ1) is 9.63. The zero-order valence-corrected chi connectivity index (χ0v) is 11.6. The van der Waals surface area contributed by atoms with Crippen LogP contribution in [0.2, 0.25) is 0 Å². The SMILES string of the molecule is Cc1cc(NC(=O)CC(N)C2CC2)c2ccccc2n1. The molecule has 4 heteroatoms. The lowest BCUT2D eigenvalue weighted by atomic mass is 10.1. The van der Waals surface area contributed by atoms with Crippen molar-refractivity contribution in [3.05, 3.63) is 36.0 Å². The highest BCUT2D eigenvalue weighted by molar-refractivity contribution is 6.01. The van der Waals surface area contributed by atoms with Crippen molar-refractivity contribution in [1.82, 2.24) is 4.98 Å². The van der Waals surface area contributed by atoms with E-state index in [2.05, 4.69) is 10.3 Å². The van der Waals surface area contributed by atoms with Gasteiger partial charge in [0.05, 0.1) is 11.2 Å². The van der Waals surface area contributed by atoms with Crippen molar-refractivity contribution >= 4 is 22.5 Å². The lowest BCUT2D eigenvalue weighted by Gasteiger charge is -2.12. The van der Waals surface area contributed by atoms with Crippen LogP contribution in [-0.4, -0.2) is 16.9 Å². The van der Waals surface area contributed by atoms with E-state index in [1.807, 2.05) is 37.3 Å². The summed E-state index contributed by atoms with van der Waals surface area (Å²) in [5.41, 5.74) is 8.61. The van der Waals surface area contributed by atoms with Gasteiger partial charge in [-0.15, -0.1) is 0 Å². The van der Waals surface area contributed by atoms with Gasteiger partial charge in [0.2, 0.25) is 5.91 Å². The lowest BCUT2D eigenvalue weighted by Crippen LogP contribution is -2.28. The molecule has 0 spiro atoms. The first-order valence-electron chi connectivity index (χ1n) is 7.05. The van der Waals surface area contributed by atoms with E-state index in [9.17, 15) is 4.79 Å². The molecular formula is C16H19N3O. The second-order valence-electron chi connectivity index (χ2n) is 5.58. The predicted molar refractivity (Wildman–Crippen MR) is 80.4 cm³/mol. The minimum absolute atomic E-state index is 0.0100. The topological polar surface area (TPSA) is 68.0 Å². The number of para-hydroxylation sites is 1. The molecular weight excluding hydrogens is 250 g/mol. The summed E-state index contributed by atoms with van der Waals surface area (Å²) in [5, 5.41) is 3.94. The van der Waals surface area contributed by atoms with Crippen LogP contribution in [0.1, 0.15) is 25.0 Å². The van der Waals surface area contributed by atoms with Gasteiger partial charge in [0, 0.05) is 23.5 Å². The minimum Gasteiger partial charge on any atom is -0.327 e. The molecule has 1 unspecified atom stereocenters. The van der Waals surface area contributed by atoms with Crippen molar-refractivity contribution in [1.29, 1.82) is 0 Å². The smallest absolute Gasteiger partial charge is 0.225 e. The molecule has 0 saturated heterocycles. The summed E-state index contributed by atoms with van der Waals surface area (Å²) in [5.74, 6) is 0.525. The fourth-order valence-electron chi connectivity index (χ4n) is 2.52. The average molecular weight is 269 g/mol. The van der Waals surface area contributed by atoms with Crippen LogP contribution in [0.15, 0.2) is 30.3 Å². The van der Waals surface area contributed by atoms with Crippen molar-refractivity contribution in [2.24, 2.45) is 11.7 Å². The highest BCUT2D eigenvalue weighted by atomic mass is 16.1. The van der Waals surface area contributed by atoms with Gasteiger partial charge in [0.1, 0.15) is 0 Å². The van der Waals surface area contributed by atoms with Crippen LogP contribution < -0.4 is 11.1 Å². The summed E-state index contributed by atoms with van der Waals surface area (Å²) >= 11 is 0. The Morgan fingerprint density at radius 2 is 2.20 bits per heavy atom. The number of hydrogen-bond acceptors (Lipinski definition) is 3. The monoisotopic (exact) mass is 269 g/mol. The molecule has 0 aliphatic heterocycles. The number of rotatable bonds is 4. The van der Waals surface area contributed by atoms with E-state index in [-0.39, 0.29) is 11.9 Å². The fourth-order valence-corrected chi connectivity index (χ4v) is 2.52. The summed E-state index contributed by atoms with van der Waals surface area (Å²) < 4.78 is 0. The highest BCUT2D eigenvalue weighted by Gasteiger charge is 2.29. The van der Waals surface area contributed by atoms with Crippen LogP contribution in [0.4, 0.5) is 5.69 Å². The molecule has 20 heavy (non-hydrogen) atoms. The van der Waals surface area contributed by atoms with Crippen molar-refractivity contribution in [2.45, 2.75) is 32.2 Å². The summed E-state index contributed by atoms with van der Waals surface area (Å²) in [6, 6.07) is 9.72. The van der Waals surface area contributed by atoms with Gasteiger partial charge in [0.25, 0.3) is 0 Å². The van der Waals surface area contributed by atoms with Gasteiger partial charge in [-0.25, -0.2) is 0 Å². The Bertz CT molecular complexity index is 649. The normalized spacial score (nSPS) is 16.1. The maximum absolute atomic E-state index is 12.1. The molecule has 1 heterocycles. The van der Waals surface area contributed by atoms with Gasteiger partial charge in [-0.2, -0.15) is 0 Å². The third-order valence-electron chi connectivity index (χ3n) is 3.77. The molecule has 3 N–H and O–H groups in total. The quantitative estimate of drug-likeness (QED) is 0.896. The van der Waals surface area contributed by atoms with Crippen LogP contribution in [0, 0.1) is 12.8 Å². The number of anilines is 1. The third-order valence-corrected chi connectivity index (χ3v) is 3.77. The molecule has 1 aliphatic rings. The Hall–Kier alpha value is -1.94. The Morgan fingerprint density at radius 3 is 2.95 bits per heavy atom. The predicted octanol–water partition coefficient (Wildman–Crippen LogP) is 2.61. The number of carbonyl (C=O) groups excluding carboxylic acids is 1. The number of nitrogens with zero attached hydrogens (tertiary/aromatic N) is 1. The van der Waals surface area contributed by atoms with Crippen LogP contribution >= 0.6 is 0 Å². The molecule has 104 valence electrons. The van der Waals surface area contributed by atoms with Gasteiger partial charge in [-0.1, -0.05) is 18.2 Å². The van der Waals surface area contributed by atoms with Crippen molar-refractivity contribution in [3.8, 4) is 0 Å². The van der Waals surface area contributed by atoms with E-state index in [4.69, 9.17) is 5.73 Å². The number of aromatic nitrogens is 1. The molecule has 1 aromatic heterocycles. The van der Waals surface area contributed by atoms with Gasteiger partial charge >= 0.3 is 0 Å². The second-order valence-corrected chi connectivity index (χ2v) is 5.58. The summed E-state index contributed by atoms with van der Waals surface area (Å²) in [6.07, 6.45) is 2.71. The number of amides is 1. The highest BCUT2D eigenvalue weighted by Crippen LogP contribution is 2.33. The van der Waals surface area contributed by atoms with Crippen molar-refractivity contribution < 1.29 is 4.79 Å². The molecule has 1 saturated carbocycles. The third kappa shape index (κ3) is 2.80. The molecule has 2 aromatic rings. The van der Waals surface area contributed by atoms with Gasteiger partial charge in [-0.05, 0) is 37.8 Å². The number of benzene rings is 1. The summed E-state index contributed by atoms with van der Waals surface area (Å²) in [6.45, 7) is 1.93. The molecule has 4 nitrogen and oxygen atoms in total. The van der Waals surface area contributed by atoms with Crippen LogP contribution in [0.5, 0.6) is 0 Å². The zero-order valence-electron chi connectivity index (χ0n) is 11.6. The maximum Gasteiger partial charge on any atom is 0.225 e. The van der Waals surface area contributed by atoms with Gasteiger partial charge in [0.15, 0.2) is 0 Å². The largest absolute Gasteiger partial charge is 0.327 e. The van der Waals surface area contributed by atoms with E-state index in [1.165, 1.54) is 0 Å². The van der Waals surface area contributed by atoms with E-state index >= 15 is 0 Å². The van der Waals surface area contributed by atoms with Gasteiger partial charge < -0.3 is 11.1 Å². The Labute approximate surface area is 118 Å². The van der Waals surface area contributed by atoms with Crippen molar-refractivity contribution in [2.75, 3.05) is 5.32 Å². The molecule has 1 aliphatic carbocycles. The molecule has 1 amide bonds. The number of nitrogens with two attached hydrogens (primary N) is 1. The van der Waals surface area contributed by atoms with Crippen LogP contribution in [0.3, 0.4) is 0 Å². The number of fused-ring (bicyclic) bond motifs is 1. The average Bonchev–Trinajstić information content (AvgIpc) is 3.22. The fraction of sp³-hybridized carbons (Fsp3) is 0.375. The van der Waals surface area contributed by atoms with E-state index in [1.54, 1.807) is 0 Å². The number of nitrogens with one attached hydrogen (secondary N) is 1. The van der Waals surface area contributed by atoms with Crippen LogP contribution in [0.25, 0.3) is 10.9 Å². The minimum atomic E-state index is -0.0137. The lowest BCUT2D eigenvalue weighted by molar-refractivity contribution is -0.116. The molecule has 1 atom stereocenters. The first kappa shape index (κ1) is 13.1. The van der Waals surface area contributed by atoms with Crippen LogP contribution in [-0.2, 0) is 4.79 Å². The first-order valence-corrected chi connectivity index (χ1v) is 7.05. The second kappa shape index (κ2) is 5.21. The Morgan fingerprint density at radius 1 is 1.45 bits per heavy atom. The van der Waals surface area contributed by atoms with E-state index in [0.29, 0.717) is 12.3 Å². The molecule has 1 aromatic carbocycles. The maximum atomic E-state index is 12.1. The number of pyridine rings is 1. The summed E-state index contributed by atoms with van der Waals surface area (Å²) in [7, 11) is 0. The zero-order chi connectivity index (χ0) is 14.1. The standard InChI is InChI=1S/C16H19N3O/c1-10-8-15(12-4-2-3-5-14(12)18-10)19-16(20)9-13(17)11-6-7-11/h2-5,8,11,13H,6-7,9,17H2,1H3,(H,18,19,20). The molecule has 0 bridgehead atoms. The number of hydrogen-bond donors (Lipinski definition) is 2.